The highest BCUT2D eigenvalue weighted by molar-refractivity contribution is 9.10. The number of primary amides is 1. The van der Waals surface area contributed by atoms with E-state index in [1.165, 1.54) is 49.7 Å². The quantitative estimate of drug-likeness (QED) is 0.0793. The minimum absolute atomic E-state index is 0.00174. The number of carbonyl (C=O) groups excluding carboxylic acids is 5. The van der Waals surface area contributed by atoms with Gasteiger partial charge in [-0.15, -0.1) is 0 Å². The van der Waals surface area contributed by atoms with Gasteiger partial charge in [-0.1, -0.05) is 127 Å². The molecule has 10 heterocycles. The third-order valence-electron chi connectivity index (χ3n) is 20.0. The maximum atomic E-state index is 13.3. The van der Waals surface area contributed by atoms with Crippen LogP contribution in [0.3, 0.4) is 0 Å². The van der Waals surface area contributed by atoms with Crippen LogP contribution in [-0.2, 0) is 21.8 Å². The first-order valence-corrected chi connectivity index (χ1v) is 35.7. The van der Waals surface area contributed by atoms with Gasteiger partial charge in [0.25, 0.3) is 45.9 Å². The topological polar surface area (TPSA) is 374 Å². The summed E-state index contributed by atoms with van der Waals surface area (Å²) in [5.74, 6) is 0.333. The van der Waals surface area contributed by atoms with Crippen LogP contribution in [-0.4, -0.2) is 78.0 Å². The summed E-state index contributed by atoms with van der Waals surface area (Å²) in [5, 5.41) is 16.1. The predicted octanol–water partition coefficient (Wildman–Crippen LogP) is 12.4. The zero-order valence-corrected chi connectivity index (χ0v) is 62.6. The van der Waals surface area contributed by atoms with Gasteiger partial charge in [0.1, 0.15) is 93.4 Å². The number of halogens is 6. The number of nitrogens with two attached hydrogens (primary N) is 2. The number of carbonyl (C=O) groups is 5. The zero-order chi connectivity index (χ0) is 73.1. The molecule has 532 valence electrons. The molecule has 3 aliphatic heterocycles. The standard InChI is InChI=1S/2C18H20ClN5O2.C14H16BrClN2O2.C8H14O.C6H4BrClN2O2.C4H5N3/c2*1-17(2)6-3-4-7-18(17)23-15(25)14-11(19)9-12(16(26)24(14)18)22-13-5-8-20-10-21-13;1-13(2)5-3-4-6-14(13)17-11(19)10-9(16)7-8(15)12(20)18(10)14;1-8(2)6-4-3-5-7(8)9;7-2-1-3(8)4(5(9)11)10-6(2)12;5-4-1-2-6-3-7-4/h2*5,8-10H,3-4,6-7H2,1-2H3,(H,23,25)(H,20,21,22);7H,3-6H2,1-2H3,(H,17,19);3-6H2,1-2H3;1H,(H2,9,11)(H,10,12);1-3H,(H2,5,6,7). The average Bonchev–Trinajstić information content (AvgIpc) is 1.47. The molecule has 3 unspecified atom stereocenters. The second-order valence-electron chi connectivity index (χ2n) is 28.0. The number of anilines is 5. The molecule has 7 aromatic heterocycles. The van der Waals surface area contributed by atoms with Crippen molar-refractivity contribution in [3.05, 3.63) is 173 Å². The highest BCUT2D eigenvalue weighted by Crippen LogP contribution is 2.53. The van der Waals surface area contributed by atoms with E-state index in [4.69, 9.17) is 57.9 Å². The van der Waals surface area contributed by atoms with Crippen LogP contribution in [0.4, 0.5) is 28.8 Å². The Balaban J connectivity index is 0.000000148. The molecule has 0 saturated heterocycles. The summed E-state index contributed by atoms with van der Waals surface area (Å²) in [5.41, 5.74) is 7.26. The number of H-pyrrole nitrogens is 1. The van der Waals surface area contributed by atoms with Crippen LogP contribution in [0.5, 0.6) is 0 Å². The van der Waals surface area contributed by atoms with Gasteiger partial charge in [-0.2, -0.15) is 0 Å². The molecule has 0 bridgehead atoms. The molecule has 0 aromatic carbocycles. The number of nitrogens with one attached hydrogen (secondary N) is 6. The Hall–Kier alpha value is -7.89. The second-order valence-corrected chi connectivity index (χ2v) is 31.3. The summed E-state index contributed by atoms with van der Waals surface area (Å²) < 4.78 is 5.38. The smallest absolute Gasteiger partial charge is 0.276 e. The number of fused-ring (bicyclic) bond motifs is 6. The van der Waals surface area contributed by atoms with Crippen molar-refractivity contribution < 1.29 is 24.0 Å². The average molecular weight is 1580 g/mol. The number of nitrogens with zero attached hydrogens (tertiary/aromatic N) is 9. The number of nitrogen functional groups attached to an aromatic ring is 1. The molecule has 7 aliphatic rings. The Morgan fingerprint density at radius 3 is 1.19 bits per heavy atom. The lowest BCUT2D eigenvalue weighted by atomic mass is 9.68. The van der Waals surface area contributed by atoms with Gasteiger partial charge in [0.2, 0.25) is 0 Å². The van der Waals surface area contributed by atoms with E-state index in [0.717, 1.165) is 83.5 Å². The van der Waals surface area contributed by atoms with Gasteiger partial charge in [-0.05, 0) is 145 Å². The van der Waals surface area contributed by atoms with Crippen molar-refractivity contribution in [2.24, 2.45) is 27.4 Å². The molecule has 4 amide bonds. The molecule has 4 saturated carbocycles. The number of pyridine rings is 4. The van der Waals surface area contributed by atoms with Gasteiger partial charge in [-0.3, -0.25) is 56.9 Å². The second kappa shape index (κ2) is 30.4. The lowest BCUT2D eigenvalue weighted by Crippen LogP contribution is -2.58. The van der Waals surface area contributed by atoms with E-state index in [2.05, 4.69) is 149 Å². The number of hydrogen-bond acceptors (Lipinski definition) is 18. The van der Waals surface area contributed by atoms with Crippen LogP contribution < -0.4 is 60.3 Å². The fourth-order valence-corrected chi connectivity index (χ4v) is 16.3. The highest BCUT2D eigenvalue weighted by Gasteiger charge is 2.58. The SMILES string of the molecule is CC1(C)CCCCC12NC(=O)c1c(Cl)cc(Br)c(=O)n12.CC1(C)CCCCC12NC(=O)c1c(Cl)cc(Nc3ccncn3)c(=O)n12.CC1(C)CCCCC12NC(=O)c1c(Cl)cc(Nc3ccncn3)c(=O)n12.CC1(C)CCCCC1=O.NC(=O)c1[nH]c(=O)c(Br)cc1Cl.Nc1ccncn1. The molecule has 3 spiro atoms. The molecule has 32 heteroatoms. The van der Waals surface area contributed by atoms with Crippen molar-refractivity contribution in [1.29, 1.82) is 0 Å². The van der Waals surface area contributed by atoms with Gasteiger partial charge >= 0.3 is 0 Å². The minimum Gasteiger partial charge on any atom is -0.384 e. The van der Waals surface area contributed by atoms with Gasteiger partial charge in [0, 0.05) is 46.7 Å². The van der Waals surface area contributed by atoms with Crippen molar-refractivity contribution in [3.8, 4) is 0 Å². The first-order valence-electron chi connectivity index (χ1n) is 32.6. The normalized spacial score (nSPS) is 21.9. The third kappa shape index (κ3) is 15.2. The van der Waals surface area contributed by atoms with Crippen molar-refractivity contribution in [2.75, 3.05) is 16.4 Å². The molecule has 100 heavy (non-hydrogen) atoms. The third-order valence-corrected chi connectivity index (χ3v) is 22.3. The number of aromatic amines is 1. The summed E-state index contributed by atoms with van der Waals surface area (Å²) in [6, 6.07) is 10.8. The predicted molar refractivity (Wildman–Crippen MR) is 391 cm³/mol. The molecule has 10 N–H and O–H groups in total. The van der Waals surface area contributed by atoms with Crippen LogP contribution in [0.1, 0.15) is 200 Å². The fraction of sp³-hybridized carbons (Fsp3) is 0.456. The Morgan fingerprint density at radius 1 is 0.490 bits per heavy atom. The maximum absolute atomic E-state index is 13.3. The van der Waals surface area contributed by atoms with E-state index in [-0.39, 0.29) is 110 Å². The minimum atomic E-state index is -0.762. The van der Waals surface area contributed by atoms with E-state index in [0.29, 0.717) is 45.6 Å². The number of hydrogen-bond donors (Lipinski definition) is 8. The number of rotatable bonds is 5. The van der Waals surface area contributed by atoms with Gasteiger partial charge in [-0.25, -0.2) is 29.9 Å². The Morgan fingerprint density at radius 2 is 0.860 bits per heavy atom. The first-order chi connectivity index (χ1) is 47.1. The number of aromatic nitrogens is 10. The fourth-order valence-electron chi connectivity index (χ4n) is 14.3. The largest absolute Gasteiger partial charge is 0.384 e. The summed E-state index contributed by atoms with van der Waals surface area (Å²) in [6.45, 7) is 16.7. The molecule has 0 radical (unpaired) electrons. The molecule has 26 nitrogen and oxygen atoms in total. The lowest BCUT2D eigenvalue weighted by molar-refractivity contribution is -0.129. The highest BCUT2D eigenvalue weighted by atomic mass is 79.9. The number of ketones is 1. The van der Waals surface area contributed by atoms with Crippen LogP contribution in [0.15, 0.2) is 108 Å². The Bertz CT molecular complexity index is 4400. The zero-order valence-electron chi connectivity index (χ0n) is 56.4. The summed E-state index contributed by atoms with van der Waals surface area (Å²) in [7, 11) is 0. The summed E-state index contributed by atoms with van der Waals surface area (Å²) >= 11 is 30.8. The Labute approximate surface area is 613 Å². The van der Waals surface area contributed by atoms with Crippen molar-refractivity contribution in [1.82, 2.24) is 64.5 Å². The van der Waals surface area contributed by atoms with Gasteiger partial charge in [0.05, 0.1) is 29.0 Å². The molecule has 4 fully saturated rings. The molecule has 7 aromatic rings. The van der Waals surface area contributed by atoms with Crippen LogP contribution in [0.25, 0.3) is 0 Å². The molecule has 14 rings (SSSR count). The Kier molecular flexibility index (Phi) is 23.2. The van der Waals surface area contributed by atoms with Gasteiger partial charge in [0.15, 0.2) is 0 Å². The number of Topliss-reactive ketones (excluding diaryl/α,β-unsaturated/α-hetero) is 1. The van der Waals surface area contributed by atoms with Crippen molar-refractivity contribution in [3.63, 3.8) is 0 Å². The monoisotopic (exact) mass is 1580 g/mol. The van der Waals surface area contributed by atoms with Crippen LogP contribution in [0, 0.1) is 21.7 Å². The molecular formula is C68H79Br2Cl4N17O9. The van der Waals surface area contributed by atoms with Crippen molar-refractivity contribution >= 4 is 137 Å². The molecule has 3 atom stereocenters. The van der Waals surface area contributed by atoms with Crippen molar-refractivity contribution in [2.45, 2.75) is 175 Å². The van der Waals surface area contributed by atoms with E-state index in [1.54, 1.807) is 50.5 Å². The first kappa shape index (κ1) is 76.3. The van der Waals surface area contributed by atoms with E-state index < -0.39 is 28.5 Å². The van der Waals surface area contributed by atoms with Crippen LogP contribution >= 0.6 is 78.3 Å². The van der Waals surface area contributed by atoms with E-state index in [1.807, 2.05) is 0 Å². The van der Waals surface area contributed by atoms with E-state index >= 15 is 0 Å². The lowest BCUT2D eigenvalue weighted by Gasteiger charge is -2.48. The summed E-state index contributed by atoms with van der Waals surface area (Å²) in [6.07, 6.45) is 24.3. The maximum Gasteiger partial charge on any atom is 0.276 e. The van der Waals surface area contributed by atoms with E-state index in [9.17, 15) is 43.2 Å². The summed E-state index contributed by atoms with van der Waals surface area (Å²) in [4.78, 5) is 135. The van der Waals surface area contributed by atoms with Crippen LogP contribution in [0.2, 0.25) is 20.1 Å². The molecule has 4 aliphatic carbocycles. The van der Waals surface area contributed by atoms with Gasteiger partial charge < -0.3 is 43.0 Å². The number of amides is 4. The molecular weight excluding hydrogens is 1500 g/mol.